The lowest BCUT2D eigenvalue weighted by atomic mass is 10.1. The molecule has 0 saturated carbocycles. The number of hydrogen-bond acceptors (Lipinski definition) is 7. The van der Waals surface area contributed by atoms with E-state index in [4.69, 9.17) is 9.15 Å². The lowest BCUT2D eigenvalue weighted by molar-refractivity contribution is -0.134. The number of benzene rings is 1. The van der Waals surface area contributed by atoms with Gasteiger partial charge in [0.25, 0.3) is 11.8 Å². The van der Waals surface area contributed by atoms with E-state index in [0.717, 1.165) is 17.4 Å². The molecule has 7 nitrogen and oxygen atoms in total. The minimum absolute atomic E-state index is 0.0192. The maximum Gasteiger partial charge on any atom is 0.260 e. The van der Waals surface area contributed by atoms with Crippen LogP contribution in [0.1, 0.15) is 36.5 Å². The van der Waals surface area contributed by atoms with Crippen LogP contribution in [0.5, 0.6) is 5.75 Å². The van der Waals surface area contributed by atoms with Crippen LogP contribution in [0.15, 0.2) is 40.1 Å². The van der Waals surface area contributed by atoms with Crippen molar-refractivity contribution in [3.8, 4) is 16.5 Å². The number of halogens is 1. The summed E-state index contributed by atoms with van der Waals surface area (Å²) in [4.78, 5) is 26.3. The van der Waals surface area contributed by atoms with Gasteiger partial charge >= 0.3 is 0 Å². The average molecular weight is 417 g/mol. The molecule has 2 heterocycles. The van der Waals surface area contributed by atoms with E-state index in [-0.39, 0.29) is 36.2 Å². The molecule has 0 spiro atoms. The Morgan fingerprint density at radius 1 is 1.28 bits per heavy atom. The molecular formula is C20H20FN3O4S. The van der Waals surface area contributed by atoms with Gasteiger partial charge in [0.2, 0.25) is 5.89 Å². The van der Waals surface area contributed by atoms with Gasteiger partial charge in [-0.1, -0.05) is 13.0 Å². The molecule has 1 amide bonds. The van der Waals surface area contributed by atoms with E-state index in [1.54, 1.807) is 4.90 Å². The molecule has 3 rings (SSSR count). The van der Waals surface area contributed by atoms with Crippen molar-refractivity contribution < 1.29 is 23.1 Å². The molecule has 2 aromatic heterocycles. The van der Waals surface area contributed by atoms with Crippen LogP contribution < -0.4 is 4.74 Å². The molecule has 1 aromatic carbocycles. The third-order valence-electron chi connectivity index (χ3n) is 4.05. The van der Waals surface area contributed by atoms with Gasteiger partial charge in [-0.05, 0) is 36.9 Å². The van der Waals surface area contributed by atoms with E-state index in [1.807, 2.05) is 24.4 Å². The summed E-state index contributed by atoms with van der Waals surface area (Å²) < 4.78 is 24.9. The first-order valence-corrected chi connectivity index (χ1v) is 9.93. The van der Waals surface area contributed by atoms with Crippen molar-refractivity contribution in [3.63, 3.8) is 0 Å². The number of amides is 1. The highest BCUT2D eigenvalue weighted by Crippen LogP contribution is 2.23. The number of carbonyl (C=O) groups excluding carboxylic acids is 2. The van der Waals surface area contributed by atoms with E-state index in [2.05, 4.69) is 10.2 Å². The van der Waals surface area contributed by atoms with Gasteiger partial charge in [0.1, 0.15) is 11.6 Å². The van der Waals surface area contributed by atoms with Crippen molar-refractivity contribution in [1.82, 2.24) is 15.1 Å². The molecule has 152 valence electrons. The van der Waals surface area contributed by atoms with Gasteiger partial charge in [-0.15, -0.1) is 21.5 Å². The Balaban J connectivity index is 1.62. The smallest absolute Gasteiger partial charge is 0.260 e. The predicted molar refractivity (Wildman–Crippen MR) is 105 cm³/mol. The Bertz CT molecular complexity index is 988. The largest absolute Gasteiger partial charge is 0.484 e. The standard InChI is InChI=1S/C20H20FN3O4S/c1-3-8-24(11-18-22-23-20(28-18)17-5-4-9-29-17)19(26)12-27-14-6-7-15(13(2)25)16(21)10-14/h4-7,9-10H,3,8,11-12H2,1-2H3. The molecule has 0 aliphatic rings. The number of ether oxygens (including phenoxy) is 1. The Kier molecular flexibility index (Phi) is 6.71. The first-order valence-electron chi connectivity index (χ1n) is 9.05. The third-order valence-corrected chi connectivity index (χ3v) is 4.91. The second kappa shape index (κ2) is 9.42. The molecule has 0 fully saturated rings. The number of rotatable bonds is 9. The maximum absolute atomic E-state index is 13.9. The van der Waals surface area contributed by atoms with Crippen LogP contribution in [0, 0.1) is 5.82 Å². The van der Waals surface area contributed by atoms with Gasteiger partial charge in [0.15, 0.2) is 12.4 Å². The van der Waals surface area contributed by atoms with Crippen LogP contribution in [0.2, 0.25) is 0 Å². The molecule has 0 unspecified atom stereocenters. The van der Waals surface area contributed by atoms with E-state index in [1.165, 1.54) is 30.4 Å². The highest BCUT2D eigenvalue weighted by atomic mass is 32.1. The minimum atomic E-state index is -0.681. The topological polar surface area (TPSA) is 85.5 Å². The van der Waals surface area contributed by atoms with Crippen LogP contribution in [-0.2, 0) is 11.3 Å². The van der Waals surface area contributed by atoms with Crippen molar-refractivity contribution >= 4 is 23.0 Å². The fourth-order valence-electron chi connectivity index (χ4n) is 2.65. The SMILES string of the molecule is CCCN(Cc1nnc(-c2cccs2)o1)C(=O)COc1ccc(C(C)=O)c(F)c1. The normalized spacial score (nSPS) is 10.7. The van der Waals surface area contributed by atoms with E-state index >= 15 is 0 Å². The lowest BCUT2D eigenvalue weighted by Gasteiger charge is -2.20. The summed E-state index contributed by atoms with van der Waals surface area (Å²) in [6, 6.07) is 7.66. The second-order valence-electron chi connectivity index (χ2n) is 6.28. The first-order chi connectivity index (χ1) is 14.0. The summed E-state index contributed by atoms with van der Waals surface area (Å²) in [6.07, 6.45) is 0.736. The second-order valence-corrected chi connectivity index (χ2v) is 7.23. The molecular weight excluding hydrogens is 397 g/mol. The molecule has 9 heteroatoms. The monoisotopic (exact) mass is 417 g/mol. The minimum Gasteiger partial charge on any atom is -0.484 e. The zero-order valence-electron chi connectivity index (χ0n) is 16.1. The Morgan fingerprint density at radius 2 is 2.10 bits per heavy atom. The summed E-state index contributed by atoms with van der Waals surface area (Å²) in [5.41, 5.74) is -0.0192. The number of hydrogen-bond donors (Lipinski definition) is 0. The number of Topliss-reactive ketones (excluding diaryl/α,β-unsaturated/α-hetero) is 1. The Morgan fingerprint density at radius 3 is 2.76 bits per heavy atom. The van der Waals surface area contributed by atoms with E-state index in [9.17, 15) is 14.0 Å². The van der Waals surface area contributed by atoms with Crippen molar-refractivity contribution in [2.45, 2.75) is 26.8 Å². The predicted octanol–water partition coefficient (Wildman–Crippen LogP) is 3.96. The van der Waals surface area contributed by atoms with Crippen LogP contribution in [0.3, 0.4) is 0 Å². The number of thiophene rings is 1. The van der Waals surface area contributed by atoms with Crippen LogP contribution in [0.4, 0.5) is 4.39 Å². The first kappa shape index (κ1) is 20.7. The molecule has 0 N–H and O–H groups in total. The van der Waals surface area contributed by atoms with Crippen LogP contribution >= 0.6 is 11.3 Å². The van der Waals surface area contributed by atoms with E-state index in [0.29, 0.717) is 18.3 Å². The van der Waals surface area contributed by atoms with Gasteiger partial charge < -0.3 is 14.1 Å². The van der Waals surface area contributed by atoms with Crippen molar-refractivity contribution in [3.05, 3.63) is 53.0 Å². The number of ketones is 1. The maximum atomic E-state index is 13.9. The molecule has 29 heavy (non-hydrogen) atoms. The summed E-state index contributed by atoms with van der Waals surface area (Å²) in [5.74, 6) is -0.433. The van der Waals surface area contributed by atoms with Crippen LogP contribution in [0.25, 0.3) is 10.8 Å². The van der Waals surface area contributed by atoms with Crippen LogP contribution in [-0.4, -0.2) is 39.9 Å². The van der Waals surface area contributed by atoms with Gasteiger partial charge in [0.05, 0.1) is 17.0 Å². The Labute approximate surface area is 171 Å². The van der Waals surface area contributed by atoms with Crippen molar-refractivity contribution in [2.24, 2.45) is 0 Å². The lowest BCUT2D eigenvalue weighted by Crippen LogP contribution is -2.35. The molecule has 0 aliphatic heterocycles. The highest BCUT2D eigenvalue weighted by molar-refractivity contribution is 7.13. The van der Waals surface area contributed by atoms with Gasteiger partial charge in [-0.3, -0.25) is 9.59 Å². The number of carbonyl (C=O) groups is 2. The summed E-state index contributed by atoms with van der Waals surface area (Å²) in [7, 11) is 0. The summed E-state index contributed by atoms with van der Waals surface area (Å²) in [5, 5.41) is 9.93. The fourth-order valence-corrected chi connectivity index (χ4v) is 3.29. The fraction of sp³-hybridized carbons (Fsp3) is 0.300. The zero-order valence-corrected chi connectivity index (χ0v) is 16.9. The summed E-state index contributed by atoms with van der Waals surface area (Å²) >= 11 is 1.49. The molecule has 0 bridgehead atoms. The summed E-state index contributed by atoms with van der Waals surface area (Å²) in [6.45, 7) is 3.60. The van der Waals surface area contributed by atoms with Gasteiger partial charge in [0, 0.05) is 12.6 Å². The van der Waals surface area contributed by atoms with Gasteiger partial charge in [-0.25, -0.2) is 4.39 Å². The Hall–Kier alpha value is -3.07. The molecule has 3 aromatic rings. The molecule has 0 aliphatic carbocycles. The average Bonchev–Trinajstić information content (AvgIpc) is 3.37. The molecule has 0 radical (unpaired) electrons. The molecule has 0 saturated heterocycles. The number of nitrogens with zero attached hydrogens (tertiary/aromatic N) is 3. The zero-order chi connectivity index (χ0) is 20.8. The van der Waals surface area contributed by atoms with E-state index < -0.39 is 5.82 Å². The van der Waals surface area contributed by atoms with Gasteiger partial charge in [-0.2, -0.15) is 0 Å². The quantitative estimate of drug-likeness (QED) is 0.490. The van der Waals surface area contributed by atoms with Crippen molar-refractivity contribution in [2.75, 3.05) is 13.2 Å². The highest BCUT2D eigenvalue weighted by Gasteiger charge is 2.19. The van der Waals surface area contributed by atoms with Crippen molar-refractivity contribution in [1.29, 1.82) is 0 Å². The molecule has 0 atom stereocenters. The third kappa shape index (κ3) is 5.26. The number of aromatic nitrogens is 2.